The van der Waals surface area contributed by atoms with Gasteiger partial charge in [0.25, 0.3) is 0 Å². The van der Waals surface area contributed by atoms with Crippen molar-refractivity contribution in [1.29, 1.82) is 0 Å². The average molecular weight is 369 g/mol. The van der Waals surface area contributed by atoms with Gasteiger partial charge in [-0.2, -0.15) is 0 Å². The van der Waals surface area contributed by atoms with Gasteiger partial charge in [-0.1, -0.05) is 18.2 Å². The van der Waals surface area contributed by atoms with Crippen LogP contribution in [0.1, 0.15) is 18.4 Å². The Balaban J connectivity index is 0.00000225. The Bertz CT molecular complexity index is 522. The van der Waals surface area contributed by atoms with Crippen molar-refractivity contribution in [3.05, 3.63) is 29.8 Å². The number of anilines is 1. The van der Waals surface area contributed by atoms with Gasteiger partial charge in [0, 0.05) is 50.9 Å². The second-order valence-electron chi connectivity index (χ2n) is 7.39. The number of benzene rings is 1. The highest BCUT2D eigenvalue weighted by Gasteiger charge is 2.25. The zero-order valence-corrected chi connectivity index (χ0v) is 16.3. The molecule has 0 amide bonds. The summed E-state index contributed by atoms with van der Waals surface area (Å²) in [6, 6.07) is 9.34. The number of para-hydroxylation sites is 1. The van der Waals surface area contributed by atoms with Crippen molar-refractivity contribution in [1.82, 2.24) is 15.5 Å². The topological polar surface area (TPSA) is 50.8 Å². The van der Waals surface area contributed by atoms with Crippen LogP contribution < -0.4 is 15.5 Å². The van der Waals surface area contributed by atoms with Crippen LogP contribution in [0.3, 0.4) is 0 Å². The number of β-amino-alcohol motifs (C(OH)–C–C–N with tert-alkyl or cyclic N) is 1. The maximum atomic E-state index is 9.91. The molecule has 2 aliphatic heterocycles. The second-order valence-corrected chi connectivity index (χ2v) is 7.39. The van der Waals surface area contributed by atoms with Crippen LogP contribution in [0.4, 0.5) is 5.69 Å². The number of piperidine rings is 1. The van der Waals surface area contributed by atoms with Crippen LogP contribution in [0.5, 0.6) is 0 Å². The minimum Gasteiger partial charge on any atom is -0.391 e. The van der Waals surface area contributed by atoms with Crippen molar-refractivity contribution >= 4 is 18.1 Å². The highest BCUT2D eigenvalue weighted by molar-refractivity contribution is 5.85. The molecule has 3 N–H and O–H groups in total. The predicted molar refractivity (Wildman–Crippen MR) is 107 cm³/mol. The minimum absolute atomic E-state index is 0. The third-order valence-electron chi connectivity index (χ3n) is 5.63. The Morgan fingerprint density at radius 3 is 2.64 bits per heavy atom. The first-order valence-electron chi connectivity index (χ1n) is 9.24. The molecule has 25 heavy (non-hydrogen) atoms. The van der Waals surface area contributed by atoms with E-state index in [0.717, 1.165) is 26.2 Å². The molecule has 5 nitrogen and oxygen atoms in total. The second kappa shape index (κ2) is 9.74. The summed E-state index contributed by atoms with van der Waals surface area (Å²) in [5.41, 5.74) is 2.68. The van der Waals surface area contributed by atoms with Crippen LogP contribution in [-0.4, -0.2) is 69.0 Å². The van der Waals surface area contributed by atoms with Gasteiger partial charge in [-0.15, -0.1) is 12.4 Å². The van der Waals surface area contributed by atoms with Crippen LogP contribution >= 0.6 is 12.4 Å². The molecule has 2 heterocycles. The number of halogens is 1. The van der Waals surface area contributed by atoms with Gasteiger partial charge in [-0.25, -0.2) is 0 Å². The van der Waals surface area contributed by atoms with Crippen LogP contribution in [-0.2, 0) is 6.54 Å². The number of rotatable bonds is 6. The van der Waals surface area contributed by atoms with Gasteiger partial charge in [-0.3, -0.25) is 0 Å². The van der Waals surface area contributed by atoms with E-state index in [1.165, 1.54) is 37.2 Å². The van der Waals surface area contributed by atoms with Crippen molar-refractivity contribution in [2.75, 3.05) is 51.7 Å². The molecular weight excluding hydrogens is 336 g/mol. The van der Waals surface area contributed by atoms with E-state index in [4.69, 9.17) is 0 Å². The summed E-state index contributed by atoms with van der Waals surface area (Å²) >= 11 is 0. The Morgan fingerprint density at radius 1 is 1.24 bits per heavy atom. The molecule has 0 radical (unpaired) electrons. The summed E-state index contributed by atoms with van der Waals surface area (Å²) in [5, 5.41) is 16.7. The van der Waals surface area contributed by atoms with E-state index in [1.807, 2.05) is 0 Å². The Hall–Kier alpha value is -0.850. The fraction of sp³-hybridized carbons (Fsp3) is 0.684. The lowest BCUT2D eigenvalue weighted by atomic mass is 10.0. The summed E-state index contributed by atoms with van der Waals surface area (Å²) in [5.74, 6) is 0.323. The SMILES string of the molecule is CN1CCC(N(C)c2ccccc2CNCC2CNCC2O)CC1.Cl. The number of likely N-dealkylation sites (tertiary alicyclic amines) is 1. The molecule has 2 fully saturated rings. The van der Waals surface area contributed by atoms with Gasteiger partial charge in [0.05, 0.1) is 6.10 Å². The molecule has 0 bridgehead atoms. The van der Waals surface area contributed by atoms with Crippen LogP contribution in [0.25, 0.3) is 0 Å². The fourth-order valence-electron chi connectivity index (χ4n) is 3.90. The Morgan fingerprint density at radius 2 is 1.96 bits per heavy atom. The maximum Gasteiger partial charge on any atom is 0.0716 e. The quantitative estimate of drug-likeness (QED) is 0.707. The van der Waals surface area contributed by atoms with Gasteiger partial charge in [0.2, 0.25) is 0 Å². The monoisotopic (exact) mass is 368 g/mol. The van der Waals surface area contributed by atoms with Crippen molar-refractivity contribution in [3.8, 4) is 0 Å². The average Bonchev–Trinajstić information content (AvgIpc) is 3.00. The molecule has 3 rings (SSSR count). The number of aliphatic hydroxyl groups is 1. The highest BCUT2D eigenvalue weighted by Crippen LogP contribution is 2.25. The maximum absolute atomic E-state index is 9.91. The molecule has 1 aromatic carbocycles. The van der Waals surface area contributed by atoms with E-state index in [-0.39, 0.29) is 18.5 Å². The summed E-state index contributed by atoms with van der Waals surface area (Å²) in [6.07, 6.45) is 2.25. The first kappa shape index (κ1) is 20.5. The van der Waals surface area contributed by atoms with E-state index >= 15 is 0 Å². The Kier molecular flexibility index (Phi) is 7.97. The molecule has 0 aliphatic carbocycles. The van der Waals surface area contributed by atoms with Crippen molar-refractivity contribution in [2.24, 2.45) is 5.92 Å². The summed E-state index contributed by atoms with van der Waals surface area (Å²) in [6.45, 7) is 5.72. The van der Waals surface area contributed by atoms with Gasteiger partial charge in [0.1, 0.15) is 0 Å². The molecular formula is C19H33ClN4O. The van der Waals surface area contributed by atoms with Gasteiger partial charge >= 0.3 is 0 Å². The molecule has 2 saturated heterocycles. The molecule has 2 aliphatic rings. The van der Waals surface area contributed by atoms with Gasteiger partial charge in [-0.05, 0) is 44.6 Å². The molecule has 0 aromatic heterocycles. The van der Waals surface area contributed by atoms with E-state index in [0.29, 0.717) is 12.0 Å². The summed E-state index contributed by atoms with van der Waals surface area (Å²) < 4.78 is 0. The smallest absolute Gasteiger partial charge is 0.0716 e. The first-order chi connectivity index (χ1) is 11.6. The first-order valence-corrected chi connectivity index (χ1v) is 9.24. The predicted octanol–water partition coefficient (Wildman–Crippen LogP) is 1.31. The molecule has 2 atom stereocenters. The van der Waals surface area contributed by atoms with Crippen LogP contribution in [0, 0.1) is 5.92 Å². The molecule has 142 valence electrons. The number of nitrogens with zero attached hydrogens (tertiary/aromatic N) is 2. The zero-order chi connectivity index (χ0) is 16.9. The molecule has 2 unspecified atom stereocenters. The van der Waals surface area contributed by atoms with Crippen molar-refractivity contribution < 1.29 is 5.11 Å². The van der Waals surface area contributed by atoms with Crippen LogP contribution in [0.15, 0.2) is 24.3 Å². The molecule has 1 aromatic rings. The molecule has 6 heteroatoms. The minimum atomic E-state index is -0.213. The normalized spacial score (nSPS) is 24.9. The van der Waals surface area contributed by atoms with E-state index in [1.54, 1.807) is 0 Å². The fourth-order valence-corrected chi connectivity index (χ4v) is 3.90. The number of hydrogen-bond acceptors (Lipinski definition) is 5. The van der Waals surface area contributed by atoms with E-state index in [9.17, 15) is 5.11 Å². The zero-order valence-electron chi connectivity index (χ0n) is 15.4. The van der Waals surface area contributed by atoms with Gasteiger partial charge < -0.3 is 25.5 Å². The molecule has 0 spiro atoms. The largest absolute Gasteiger partial charge is 0.391 e. The van der Waals surface area contributed by atoms with E-state index < -0.39 is 0 Å². The number of nitrogens with one attached hydrogen (secondary N) is 2. The highest BCUT2D eigenvalue weighted by atomic mass is 35.5. The summed E-state index contributed by atoms with van der Waals surface area (Å²) in [4.78, 5) is 4.88. The molecule has 0 saturated carbocycles. The Labute approximate surface area is 158 Å². The van der Waals surface area contributed by atoms with Crippen molar-refractivity contribution in [2.45, 2.75) is 31.5 Å². The summed E-state index contributed by atoms with van der Waals surface area (Å²) in [7, 11) is 4.44. The lowest BCUT2D eigenvalue weighted by Gasteiger charge is -2.37. The van der Waals surface area contributed by atoms with Crippen LogP contribution in [0.2, 0.25) is 0 Å². The third-order valence-corrected chi connectivity index (χ3v) is 5.63. The lowest BCUT2D eigenvalue weighted by molar-refractivity contribution is 0.146. The lowest BCUT2D eigenvalue weighted by Crippen LogP contribution is -2.42. The number of aliphatic hydroxyl groups excluding tert-OH is 1. The number of hydrogen-bond donors (Lipinski definition) is 3. The van der Waals surface area contributed by atoms with Gasteiger partial charge in [0.15, 0.2) is 0 Å². The third kappa shape index (κ3) is 5.31. The standard InChI is InChI=1S/C19H32N4O.ClH/c1-22-9-7-17(8-10-22)23(2)18-6-4-3-5-15(18)11-20-12-16-13-21-14-19(16)24;/h3-6,16-17,19-21,24H,7-14H2,1-2H3;1H. The van der Waals surface area contributed by atoms with Crippen molar-refractivity contribution in [3.63, 3.8) is 0 Å². The van der Waals surface area contributed by atoms with E-state index in [2.05, 4.69) is 58.8 Å².